The second-order valence-electron chi connectivity index (χ2n) is 9.59. The lowest BCUT2D eigenvalue weighted by molar-refractivity contribution is -0.135. The lowest BCUT2D eigenvalue weighted by Crippen LogP contribution is -2.45. The maximum Gasteiger partial charge on any atom is 0.531 e. The van der Waals surface area contributed by atoms with Crippen LogP contribution in [-0.4, -0.2) is 57.9 Å². The van der Waals surface area contributed by atoms with Crippen LogP contribution in [0.4, 0.5) is 0 Å². The minimum atomic E-state index is -0.817. The minimum Gasteiger partial charge on any atom is -0.508 e. The molecule has 0 aliphatic carbocycles. The first-order valence-electron chi connectivity index (χ1n) is 12.3. The second-order valence-corrected chi connectivity index (χ2v) is 11.4. The van der Waals surface area contributed by atoms with Crippen LogP contribution in [0.3, 0.4) is 0 Å². The Kier molecular flexibility index (Phi) is 10.5. The zero-order valence-corrected chi connectivity index (χ0v) is 22.1. The third kappa shape index (κ3) is 8.45. The average molecular weight is 511 g/mol. The monoisotopic (exact) mass is 511 g/mol. The smallest absolute Gasteiger partial charge is 0.508 e. The third-order valence-corrected chi connectivity index (χ3v) is 7.09. The van der Waals surface area contributed by atoms with Crippen LogP contribution in [0.5, 0.6) is 0 Å². The molecule has 1 aliphatic rings. The van der Waals surface area contributed by atoms with Gasteiger partial charge in [-0.2, -0.15) is 0 Å². The van der Waals surface area contributed by atoms with Gasteiger partial charge in [-0.15, -0.1) is 11.8 Å². The molecule has 1 saturated heterocycles. The Labute approximate surface area is 217 Å². The van der Waals surface area contributed by atoms with E-state index in [9.17, 15) is 14.4 Å². The van der Waals surface area contributed by atoms with Crippen LogP contribution < -0.4 is 5.32 Å². The van der Waals surface area contributed by atoms with Gasteiger partial charge in [0.15, 0.2) is 5.78 Å². The van der Waals surface area contributed by atoms with Crippen molar-refractivity contribution in [2.24, 2.45) is 5.92 Å². The van der Waals surface area contributed by atoms with E-state index in [0.29, 0.717) is 19.4 Å². The van der Waals surface area contributed by atoms with Crippen molar-refractivity contribution in [2.75, 3.05) is 6.61 Å². The number of ketones is 1. The van der Waals surface area contributed by atoms with Crippen LogP contribution in [0, 0.1) is 5.92 Å². The molecular weight excluding hydrogens is 477 g/mol. The first-order valence-corrected chi connectivity index (χ1v) is 13.3. The fraction of sp³-hybridized carbons (Fsp3) is 0.500. The number of nitrogens with zero attached hydrogens (tertiary/aromatic N) is 2. The number of hydrogen-bond acceptors (Lipinski definition) is 8. The van der Waals surface area contributed by atoms with E-state index in [0.717, 1.165) is 5.56 Å². The van der Waals surface area contributed by atoms with Crippen molar-refractivity contribution in [3.8, 4) is 0 Å². The summed E-state index contributed by atoms with van der Waals surface area (Å²) in [6, 6.07) is 8.74. The van der Waals surface area contributed by atoms with Crippen LogP contribution in [0.15, 0.2) is 48.9 Å². The maximum absolute atomic E-state index is 13.7. The van der Waals surface area contributed by atoms with Crippen LogP contribution in [0.2, 0.25) is 5.82 Å². The van der Waals surface area contributed by atoms with E-state index in [2.05, 4.69) is 29.1 Å². The summed E-state index contributed by atoms with van der Waals surface area (Å²) in [6.07, 6.45) is 5.35. The Morgan fingerprint density at radius 2 is 1.94 bits per heavy atom. The lowest BCUT2D eigenvalue weighted by atomic mass is 9.64. The number of carbonyl (C=O) groups is 3. The number of amides is 1. The van der Waals surface area contributed by atoms with Crippen LogP contribution >= 0.6 is 11.8 Å². The number of rotatable bonds is 10. The zero-order chi connectivity index (χ0) is 26.1. The molecule has 1 fully saturated rings. The van der Waals surface area contributed by atoms with Gasteiger partial charge >= 0.3 is 13.1 Å². The number of Topliss-reactive ketones (excluding diaryl/α,β-unsaturated/α-hetero) is 1. The van der Waals surface area contributed by atoms with E-state index in [1.54, 1.807) is 0 Å². The predicted octanol–water partition coefficient (Wildman–Crippen LogP) is 3.77. The van der Waals surface area contributed by atoms with Crippen molar-refractivity contribution >= 4 is 36.5 Å². The predicted molar refractivity (Wildman–Crippen MR) is 141 cm³/mol. The van der Waals surface area contributed by atoms with Gasteiger partial charge in [-0.25, -0.2) is 4.98 Å². The average Bonchev–Trinajstić information content (AvgIpc) is 2.85. The van der Waals surface area contributed by atoms with Gasteiger partial charge in [-0.1, -0.05) is 51.1 Å². The normalized spacial score (nSPS) is 20.1. The molecular formula is C26H34BN3O5S. The zero-order valence-electron chi connectivity index (χ0n) is 21.3. The molecule has 1 amide bonds. The highest BCUT2D eigenvalue weighted by Gasteiger charge is 2.40. The molecule has 0 saturated carbocycles. The van der Waals surface area contributed by atoms with Crippen molar-refractivity contribution < 1.29 is 23.7 Å². The molecule has 36 heavy (non-hydrogen) atoms. The molecule has 2 heterocycles. The molecule has 0 spiro atoms. The topological polar surface area (TPSA) is 107 Å². The van der Waals surface area contributed by atoms with Crippen molar-refractivity contribution in [3.63, 3.8) is 0 Å². The molecule has 2 aromatic rings. The van der Waals surface area contributed by atoms with Crippen LogP contribution in [0.1, 0.15) is 56.6 Å². The molecule has 0 radical (unpaired) electrons. The van der Waals surface area contributed by atoms with Gasteiger partial charge in [0.05, 0.1) is 17.5 Å². The quantitative estimate of drug-likeness (QED) is 0.481. The van der Waals surface area contributed by atoms with Gasteiger partial charge < -0.3 is 14.6 Å². The summed E-state index contributed by atoms with van der Waals surface area (Å²) in [4.78, 5) is 47.1. The van der Waals surface area contributed by atoms with E-state index in [-0.39, 0.29) is 46.1 Å². The number of carbonyl (C=O) groups excluding carboxylic acids is 3. The fourth-order valence-electron chi connectivity index (χ4n) is 4.19. The summed E-state index contributed by atoms with van der Waals surface area (Å²) in [6.45, 7) is 8.37. The molecule has 1 aliphatic heterocycles. The van der Waals surface area contributed by atoms with Gasteiger partial charge in [0.25, 0.3) is 5.91 Å². The van der Waals surface area contributed by atoms with Gasteiger partial charge in [-0.05, 0) is 31.2 Å². The summed E-state index contributed by atoms with van der Waals surface area (Å²) in [5.74, 6) is -1.04. The van der Waals surface area contributed by atoms with E-state index >= 15 is 0 Å². The Balaban J connectivity index is 1.81. The summed E-state index contributed by atoms with van der Waals surface area (Å²) in [5.41, 5.74) is 1.06. The minimum absolute atomic E-state index is 0.101. The second kappa shape index (κ2) is 13.6. The lowest BCUT2D eigenvalue weighted by Gasteiger charge is -2.30. The van der Waals surface area contributed by atoms with E-state index in [1.807, 2.05) is 44.2 Å². The number of aromatic nitrogens is 2. The number of benzene rings is 1. The van der Waals surface area contributed by atoms with Gasteiger partial charge in [0.2, 0.25) is 0 Å². The number of nitrogens with one attached hydrogen (secondary N) is 1. The van der Waals surface area contributed by atoms with Crippen LogP contribution in [-0.2, 0) is 25.3 Å². The van der Waals surface area contributed by atoms with E-state index < -0.39 is 19.1 Å². The molecule has 3 rings (SSSR count). The van der Waals surface area contributed by atoms with Crippen LogP contribution in [0.25, 0.3) is 0 Å². The number of thioether (sulfide) groups is 1. The standard InChI is InChI=1S/C26H34BN3O5S/c1-17(2)12-21(27-34-16-18(3)36-19(4)26(33)35-27)14-24(31)22(13-20-8-6-5-7-9-20)30-25(32)23-15-28-10-11-29-23/h5-11,15,17-19,21-22H,12-14,16H2,1-4H3,(H,30,32)/t18-,19+,21+,22-/m0/s1. The SMILES string of the molecule is CC(C)C[C@H](CC(=O)[C@H](Cc1ccccc1)NC(=O)c1cnccn1)B1OC[C@H](C)S[C@H](C)C(=O)O1. The summed E-state index contributed by atoms with van der Waals surface area (Å²) >= 11 is 1.51. The molecule has 8 nitrogen and oxygen atoms in total. The molecule has 1 N–H and O–H groups in total. The Morgan fingerprint density at radius 3 is 2.61 bits per heavy atom. The number of hydrogen-bond donors (Lipinski definition) is 1. The van der Waals surface area contributed by atoms with E-state index in [4.69, 9.17) is 9.31 Å². The summed E-state index contributed by atoms with van der Waals surface area (Å²) < 4.78 is 11.7. The van der Waals surface area contributed by atoms with Gasteiger partial charge in [0.1, 0.15) is 5.69 Å². The molecule has 1 aromatic heterocycles. The summed E-state index contributed by atoms with van der Waals surface area (Å²) in [5, 5.41) is 2.67. The highest BCUT2D eigenvalue weighted by molar-refractivity contribution is 8.01. The highest BCUT2D eigenvalue weighted by Crippen LogP contribution is 2.31. The molecule has 192 valence electrons. The molecule has 0 bridgehead atoms. The molecule has 1 aromatic carbocycles. The Morgan fingerprint density at radius 1 is 1.19 bits per heavy atom. The van der Waals surface area contributed by atoms with Crippen molar-refractivity contribution in [2.45, 2.75) is 69.3 Å². The summed E-state index contributed by atoms with van der Waals surface area (Å²) in [7, 11) is -0.817. The molecule has 10 heteroatoms. The molecule has 4 atom stereocenters. The Bertz CT molecular complexity index is 1010. The van der Waals surface area contributed by atoms with Gasteiger partial charge in [0, 0.05) is 36.5 Å². The van der Waals surface area contributed by atoms with Crippen molar-refractivity contribution in [1.29, 1.82) is 0 Å². The molecule has 0 unspecified atom stereocenters. The highest BCUT2D eigenvalue weighted by atomic mass is 32.2. The van der Waals surface area contributed by atoms with Gasteiger partial charge in [-0.3, -0.25) is 19.4 Å². The maximum atomic E-state index is 13.7. The largest absolute Gasteiger partial charge is 0.531 e. The van der Waals surface area contributed by atoms with E-state index in [1.165, 1.54) is 30.4 Å². The first kappa shape index (κ1) is 27.9. The van der Waals surface area contributed by atoms with Crippen molar-refractivity contribution in [1.82, 2.24) is 15.3 Å². The first-order chi connectivity index (χ1) is 17.2. The van der Waals surface area contributed by atoms with Crippen molar-refractivity contribution in [3.05, 3.63) is 60.2 Å². The third-order valence-electron chi connectivity index (χ3n) is 5.89. The fourth-order valence-corrected chi connectivity index (χ4v) is 5.21. The Hall–Kier alpha value is -2.72.